The molecule has 0 spiro atoms. The van der Waals surface area contributed by atoms with E-state index in [1.807, 2.05) is 37.6 Å². The van der Waals surface area contributed by atoms with E-state index in [0.717, 1.165) is 17.1 Å². The van der Waals surface area contributed by atoms with Crippen LogP contribution in [0.3, 0.4) is 0 Å². The zero-order valence-electron chi connectivity index (χ0n) is 11.7. The molecule has 6 heteroatoms. The smallest absolute Gasteiger partial charge is 0.225 e. The highest BCUT2D eigenvalue weighted by Gasteiger charge is 2.06. The molecular formula is C14H17N3O2S. The Bertz CT molecular complexity index is 556. The molecule has 1 aromatic carbocycles. The molecule has 1 aromatic heterocycles. The van der Waals surface area contributed by atoms with Crippen LogP contribution >= 0.6 is 11.8 Å². The molecule has 0 aliphatic carbocycles. The van der Waals surface area contributed by atoms with Gasteiger partial charge in [0, 0.05) is 20.2 Å². The largest absolute Gasteiger partial charge is 0.439 e. The van der Waals surface area contributed by atoms with Crippen LogP contribution in [0.25, 0.3) is 0 Å². The first-order valence-corrected chi connectivity index (χ1v) is 7.34. The van der Waals surface area contributed by atoms with Gasteiger partial charge >= 0.3 is 0 Å². The quantitative estimate of drug-likeness (QED) is 0.651. The number of rotatable bonds is 6. The molecule has 0 amide bonds. The van der Waals surface area contributed by atoms with Crippen molar-refractivity contribution in [3.8, 4) is 11.6 Å². The summed E-state index contributed by atoms with van der Waals surface area (Å²) in [6.45, 7) is 0.554. The molecule has 0 aliphatic rings. The normalized spacial score (nSPS) is 10.3. The third kappa shape index (κ3) is 3.85. The second-order valence-corrected chi connectivity index (χ2v) is 4.78. The molecule has 2 rings (SSSR count). The first-order valence-electron chi connectivity index (χ1n) is 6.11. The van der Waals surface area contributed by atoms with E-state index in [1.165, 1.54) is 11.8 Å². The minimum atomic E-state index is 0.517. The number of hydrogen-bond acceptors (Lipinski definition) is 6. The Labute approximate surface area is 122 Å². The monoisotopic (exact) mass is 291 g/mol. The van der Waals surface area contributed by atoms with Gasteiger partial charge in [-0.25, -0.2) is 4.98 Å². The summed E-state index contributed by atoms with van der Waals surface area (Å²) in [7, 11) is 3.48. The predicted octanol–water partition coefficient (Wildman–Crippen LogP) is 3.18. The minimum absolute atomic E-state index is 0.517. The summed E-state index contributed by atoms with van der Waals surface area (Å²) in [6, 6.07) is 9.51. The maximum atomic E-state index is 5.79. The molecule has 0 saturated heterocycles. The number of aromatic nitrogens is 2. The van der Waals surface area contributed by atoms with Crippen LogP contribution in [0.1, 0.15) is 5.56 Å². The minimum Gasteiger partial charge on any atom is -0.439 e. The molecule has 106 valence electrons. The summed E-state index contributed by atoms with van der Waals surface area (Å²) < 4.78 is 10.9. The van der Waals surface area contributed by atoms with E-state index in [2.05, 4.69) is 15.3 Å². The molecule has 1 N–H and O–H groups in total. The molecule has 20 heavy (non-hydrogen) atoms. The lowest BCUT2D eigenvalue weighted by atomic mass is 10.2. The second kappa shape index (κ2) is 7.12. The highest BCUT2D eigenvalue weighted by molar-refractivity contribution is 7.98. The predicted molar refractivity (Wildman–Crippen MR) is 80.6 cm³/mol. The van der Waals surface area contributed by atoms with Gasteiger partial charge in [-0.15, -0.1) is 0 Å². The Balaban J connectivity index is 2.22. The van der Waals surface area contributed by atoms with Crippen molar-refractivity contribution >= 4 is 17.6 Å². The molecule has 0 saturated carbocycles. The highest BCUT2D eigenvalue weighted by atomic mass is 32.2. The summed E-state index contributed by atoms with van der Waals surface area (Å²) in [4.78, 5) is 8.63. The second-order valence-electron chi connectivity index (χ2n) is 4.01. The zero-order chi connectivity index (χ0) is 14.4. The van der Waals surface area contributed by atoms with Gasteiger partial charge in [0.2, 0.25) is 5.88 Å². The summed E-state index contributed by atoms with van der Waals surface area (Å²) in [5, 5.41) is 3.66. The average Bonchev–Trinajstić information content (AvgIpc) is 2.47. The SMILES string of the molecule is CNc1cc(Oc2cccc(COC)c2)nc(SC)n1. The van der Waals surface area contributed by atoms with Crippen LogP contribution in [-0.4, -0.2) is 30.4 Å². The lowest BCUT2D eigenvalue weighted by Crippen LogP contribution is -1.98. The number of methoxy groups -OCH3 is 1. The van der Waals surface area contributed by atoms with Crippen molar-refractivity contribution in [3.05, 3.63) is 35.9 Å². The van der Waals surface area contributed by atoms with E-state index < -0.39 is 0 Å². The number of hydrogen-bond donors (Lipinski definition) is 1. The van der Waals surface area contributed by atoms with Crippen LogP contribution < -0.4 is 10.1 Å². The van der Waals surface area contributed by atoms with Gasteiger partial charge in [0.15, 0.2) is 5.16 Å². The third-order valence-electron chi connectivity index (χ3n) is 2.55. The van der Waals surface area contributed by atoms with Gasteiger partial charge in [-0.2, -0.15) is 4.98 Å². The zero-order valence-corrected chi connectivity index (χ0v) is 12.5. The third-order valence-corrected chi connectivity index (χ3v) is 3.10. The fourth-order valence-corrected chi connectivity index (χ4v) is 2.03. The summed E-state index contributed by atoms with van der Waals surface area (Å²) in [5.74, 6) is 1.98. The lowest BCUT2D eigenvalue weighted by Gasteiger charge is -2.09. The highest BCUT2D eigenvalue weighted by Crippen LogP contribution is 2.24. The summed E-state index contributed by atoms with van der Waals surface area (Å²) in [5.41, 5.74) is 1.05. The van der Waals surface area contributed by atoms with Crippen LogP contribution in [0, 0.1) is 0 Å². The first kappa shape index (κ1) is 14.6. The van der Waals surface area contributed by atoms with Crippen molar-refractivity contribution in [3.63, 3.8) is 0 Å². The summed E-state index contributed by atoms with van der Waals surface area (Å²) in [6.07, 6.45) is 1.93. The number of thioether (sulfide) groups is 1. The Morgan fingerprint density at radius 1 is 1.25 bits per heavy atom. The maximum Gasteiger partial charge on any atom is 0.225 e. The number of ether oxygens (including phenoxy) is 2. The van der Waals surface area contributed by atoms with Crippen LogP contribution in [0.5, 0.6) is 11.6 Å². The molecule has 0 atom stereocenters. The van der Waals surface area contributed by atoms with Gasteiger partial charge in [-0.3, -0.25) is 0 Å². The topological polar surface area (TPSA) is 56.3 Å². The Kier molecular flexibility index (Phi) is 5.20. The molecular weight excluding hydrogens is 274 g/mol. The maximum absolute atomic E-state index is 5.79. The van der Waals surface area contributed by atoms with Crippen molar-refractivity contribution in [2.24, 2.45) is 0 Å². The molecule has 0 fully saturated rings. The van der Waals surface area contributed by atoms with Gasteiger partial charge in [0.1, 0.15) is 11.6 Å². The van der Waals surface area contributed by atoms with E-state index in [4.69, 9.17) is 9.47 Å². The van der Waals surface area contributed by atoms with E-state index in [1.54, 1.807) is 13.2 Å². The lowest BCUT2D eigenvalue weighted by molar-refractivity contribution is 0.184. The first-order chi connectivity index (χ1) is 9.75. The molecule has 2 aromatic rings. The van der Waals surface area contributed by atoms with Crippen molar-refractivity contribution in [1.82, 2.24) is 9.97 Å². The number of anilines is 1. The van der Waals surface area contributed by atoms with Crippen molar-refractivity contribution in [1.29, 1.82) is 0 Å². The van der Waals surface area contributed by atoms with Crippen LogP contribution in [0.4, 0.5) is 5.82 Å². The average molecular weight is 291 g/mol. The molecule has 0 bridgehead atoms. The number of benzene rings is 1. The molecule has 5 nitrogen and oxygen atoms in total. The van der Waals surface area contributed by atoms with Gasteiger partial charge in [-0.05, 0) is 24.0 Å². The van der Waals surface area contributed by atoms with Crippen LogP contribution in [0.2, 0.25) is 0 Å². The van der Waals surface area contributed by atoms with E-state index in [9.17, 15) is 0 Å². The standard InChI is InChI=1S/C14H17N3O2S/c1-15-12-8-13(17-14(16-12)20-3)19-11-6-4-5-10(7-11)9-18-2/h4-8H,9H2,1-3H3,(H,15,16,17). The fourth-order valence-electron chi connectivity index (χ4n) is 1.66. The van der Waals surface area contributed by atoms with E-state index in [0.29, 0.717) is 17.6 Å². The number of nitrogens with zero attached hydrogens (tertiary/aromatic N) is 2. The van der Waals surface area contributed by atoms with Gasteiger partial charge in [0.05, 0.1) is 6.61 Å². The van der Waals surface area contributed by atoms with Crippen molar-refractivity contribution in [2.75, 3.05) is 25.7 Å². The van der Waals surface area contributed by atoms with E-state index in [-0.39, 0.29) is 0 Å². The van der Waals surface area contributed by atoms with Crippen LogP contribution in [-0.2, 0) is 11.3 Å². The molecule has 1 heterocycles. The van der Waals surface area contributed by atoms with Crippen LogP contribution in [0.15, 0.2) is 35.5 Å². The van der Waals surface area contributed by atoms with E-state index >= 15 is 0 Å². The molecule has 0 unspecified atom stereocenters. The van der Waals surface area contributed by atoms with Gasteiger partial charge < -0.3 is 14.8 Å². The molecule has 0 radical (unpaired) electrons. The Hall–Kier alpha value is -1.79. The van der Waals surface area contributed by atoms with Crippen molar-refractivity contribution in [2.45, 2.75) is 11.8 Å². The Morgan fingerprint density at radius 3 is 2.80 bits per heavy atom. The number of nitrogens with one attached hydrogen (secondary N) is 1. The fraction of sp³-hybridized carbons (Fsp3) is 0.286. The molecule has 0 aliphatic heterocycles. The van der Waals surface area contributed by atoms with Gasteiger partial charge in [0.25, 0.3) is 0 Å². The van der Waals surface area contributed by atoms with Gasteiger partial charge in [-0.1, -0.05) is 23.9 Å². The Morgan fingerprint density at radius 2 is 2.10 bits per heavy atom. The summed E-state index contributed by atoms with van der Waals surface area (Å²) >= 11 is 1.47. The van der Waals surface area contributed by atoms with Crippen molar-refractivity contribution < 1.29 is 9.47 Å².